The number of Topliss-reactive ketones (excluding diaryl/α,β-unsaturated/α-hetero) is 1. The van der Waals surface area contributed by atoms with Gasteiger partial charge >= 0.3 is 0 Å². The second kappa shape index (κ2) is 9.03. The van der Waals surface area contributed by atoms with Gasteiger partial charge in [-0.15, -0.1) is 0 Å². The minimum absolute atomic E-state index is 0.128. The van der Waals surface area contributed by atoms with Gasteiger partial charge in [0, 0.05) is 24.5 Å². The van der Waals surface area contributed by atoms with E-state index in [1.807, 2.05) is 18.2 Å². The maximum atomic E-state index is 11.5. The molecule has 1 aromatic carbocycles. The Kier molecular flexibility index (Phi) is 6.72. The number of halogens is 1. The van der Waals surface area contributed by atoms with Gasteiger partial charge in [0.2, 0.25) is 0 Å². The van der Waals surface area contributed by atoms with Crippen LogP contribution >= 0.6 is 11.6 Å². The first-order chi connectivity index (χ1) is 13.0. The summed E-state index contributed by atoms with van der Waals surface area (Å²) in [7, 11) is 0. The van der Waals surface area contributed by atoms with Crippen molar-refractivity contribution in [2.45, 2.75) is 65.6 Å². The summed E-state index contributed by atoms with van der Waals surface area (Å²) < 4.78 is 2.14. The fourth-order valence-corrected chi connectivity index (χ4v) is 4.10. The predicted octanol–water partition coefficient (Wildman–Crippen LogP) is 4.99. The number of nitrogens with zero attached hydrogens (tertiary/aromatic N) is 3. The summed E-state index contributed by atoms with van der Waals surface area (Å²) in [6, 6.07) is 8.61. The molecule has 4 rings (SSSR count). The number of hydrogen-bond acceptors (Lipinski definition) is 3. The van der Waals surface area contributed by atoms with E-state index in [0.717, 1.165) is 54.9 Å². The van der Waals surface area contributed by atoms with Crippen molar-refractivity contribution < 1.29 is 4.79 Å². The molecule has 1 saturated carbocycles. The molecular formula is C22H30ClN3O. The van der Waals surface area contributed by atoms with Crippen molar-refractivity contribution in [1.29, 1.82) is 0 Å². The summed E-state index contributed by atoms with van der Waals surface area (Å²) >= 11 is 5.90. The van der Waals surface area contributed by atoms with Gasteiger partial charge in [-0.2, -0.15) is 0 Å². The zero-order valence-corrected chi connectivity index (χ0v) is 17.4. The molecule has 2 heterocycles. The van der Waals surface area contributed by atoms with Gasteiger partial charge < -0.3 is 4.57 Å². The van der Waals surface area contributed by atoms with E-state index in [1.165, 1.54) is 18.4 Å². The maximum Gasteiger partial charge on any atom is 0.177 e. The van der Waals surface area contributed by atoms with Gasteiger partial charge in [0.05, 0.1) is 12.7 Å². The van der Waals surface area contributed by atoms with Crippen molar-refractivity contribution >= 4 is 17.4 Å². The molecule has 0 radical (unpaired) electrons. The summed E-state index contributed by atoms with van der Waals surface area (Å²) in [5.41, 5.74) is 2.04. The Labute approximate surface area is 167 Å². The monoisotopic (exact) mass is 387 g/mol. The lowest BCUT2D eigenvalue weighted by molar-refractivity contribution is 0.0980. The summed E-state index contributed by atoms with van der Waals surface area (Å²) in [4.78, 5) is 18.4. The largest absolute Gasteiger partial charge is 0.323 e. The number of hydrogen-bond donors (Lipinski definition) is 0. The van der Waals surface area contributed by atoms with Crippen LogP contribution < -0.4 is 0 Å². The molecule has 0 bridgehead atoms. The van der Waals surface area contributed by atoms with E-state index in [-0.39, 0.29) is 5.78 Å². The molecule has 2 aromatic rings. The number of rotatable bonds is 5. The molecule has 1 unspecified atom stereocenters. The zero-order valence-electron chi connectivity index (χ0n) is 16.6. The fourth-order valence-electron chi connectivity index (χ4n) is 3.87. The topological polar surface area (TPSA) is 38.1 Å². The number of likely N-dealkylation sites (N-methyl/N-ethyl adjacent to an activating group) is 1. The van der Waals surface area contributed by atoms with E-state index < -0.39 is 0 Å². The molecule has 4 nitrogen and oxygen atoms in total. The highest BCUT2D eigenvalue weighted by Crippen LogP contribution is 2.38. The molecule has 1 fully saturated rings. The van der Waals surface area contributed by atoms with Crippen molar-refractivity contribution in [3.63, 3.8) is 0 Å². The van der Waals surface area contributed by atoms with E-state index in [1.54, 1.807) is 13.1 Å². The molecule has 0 saturated heterocycles. The lowest BCUT2D eigenvalue weighted by atomic mass is 10.1. The maximum absolute atomic E-state index is 11.5. The van der Waals surface area contributed by atoms with Crippen LogP contribution in [0, 0.1) is 5.92 Å². The number of ketones is 1. The summed E-state index contributed by atoms with van der Waals surface area (Å²) in [5, 5.41) is 0.893. The molecule has 0 amide bonds. The Balaban J connectivity index is 0.000000180. The number of carbonyl (C=O) groups excluding carboxylic acids is 1. The Morgan fingerprint density at radius 2 is 2.00 bits per heavy atom. The number of carbonyl (C=O) groups is 1. The average Bonchev–Trinajstić information content (AvgIpc) is 3.42. The first-order valence-electron chi connectivity index (χ1n) is 10.1. The van der Waals surface area contributed by atoms with Gasteiger partial charge in [-0.1, -0.05) is 50.1 Å². The molecule has 1 aliphatic heterocycles. The molecular weight excluding hydrogens is 358 g/mol. The first kappa shape index (κ1) is 20.1. The van der Waals surface area contributed by atoms with E-state index in [9.17, 15) is 4.79 Å². The first-order valence-corrected chi connectivity index (χ1v) is 10.5. The van der Waals surface area contributed by atoms with Crippen molar-refractivity contribution in [2.75, 3.05) is 6.54 Å². The summed E-state index contributed by atoms with van der Waals surface area (Å²) in [6.07, 6.45) is 6.67. The number of aryl methyl sites for hydroxylation is 1. The van der Waals surface area contributed by atoms with E-state index in [0.29, 0.717) is 6.04 Å². The second-order valence-corrected chi connectivity index (χ2v) is 7.94. The van der Waals surface area contributed by atoms with E-state index >= 15 is 0 Å². The third-order valence-corrected chi connectivity index (χ3v) is 5.90. The summed E-state index contributed by atoms with van der Waals surface area (Å²) in [6.45, 7) is 8.91. The van der Waals surface area contributed by atoms with Crippen molar-refractivity contribution in [2.24, 2.45) is 5.92 Å². The Morgan fingerprint density at radius 1 is 1.26 bits per heavy atom. The SMILES string of the molecule is CCCc1ccccc1Cl.CCN1Cc2ncc(C(C)=O)n2CC1C1CC1. The molecule has 1 aromatic heterocycles. The Morgan fingerprint density at radius 3 is 2.59 bits per heavy atom. The number of benzene rings is 1. The zero-order chi connectivity index (χ0) is 19.4. The Bertz CT molecular complexity index is 782. The van der Waals surface area contributed by atoms with Gasteiger partial charge in [0.25, 0.3) is 0 Å². The average molecular weight is 388 g/mol. The van der Waals surface area contributed by atoms with Crippen LogP contribution in [0.2, 0.25) is 5.02 Å². The lowest BCUT2D eigenvalue weighted by Crippen LogP contribution is -2.44. The van der Waals surface area contributed by atoms with Crippen LogP contribution in [0.1, 0.15) is 61.9 Å². The second-order valence-electron chi connectivity index (χ2n) is 7.54. The van der Waals surface area contributed by atoms with Gasteiger partial charge in [0.15, 0.2) is 5.78 Å². The van der Waals surface area contributed by atoms with Crippen molar-refractivity contribution in [3.8, 4) is 0 Å². The minimum atomic E-state index is 0.128. The van der Waals surface area contributed by atoms with Crippen molar-refractivity contribution in [1.82, 2.24) is 14.5 Å². The van der Waals surface area contributed by atoms with Crippen LogP contribution in [0.4, 0.5) is 0 Å². The van der Waals surface area contributed by atoms with E-state index in [2.05, 4.69) is 34.4 Å². The third-order valence-electron chi connectivity index (χ3n) is 5.53. The van der Waals surface area contributed by atoms with Crippen molar-refractivity contribution in [3.05, 3.63) is 52.6 Å². The molecule has 5 heteroatoms. The molecule has 2 aliphatic rings. The molecule has 1 aliphatic carbocycles. The van der Waals surface area contributed by atoms with Crippen LogP contribution in [-0.2, 0) is 19.5 Å². The van der Waals surface area contributed by atoms with Crippen LogP contribution in [0.25, 0.3) is 0 Å². The third kappa shape index (κ3) is 4.80. The molecule has 0 spiro atoms. The quantitative estimate of drug-likeness (QED) is 0.678. The number of aromatic nitrogens is 2. The lowest BCUT2D eigenvalue weighted by Gasteiger charge is -2.36. The van der Waals surface area contributed by atoms with Gasteiger partial charge in [-0.3, -0.25) is 9.69 Å². The molecule has 1 atom stereocenters. The number of fused-ring (bicyclic) bond motifs is 1. The smallest absolute Gasteiger partial charge is 0.177 e. The molecule has 146 valence electrons. The predicted molar refractivity (Wildman–Crippen MR) is 110 cm³/mol. The number of imidazole rings is 1. The van der Waals surface area contributed by atoms with Gasteiger partial charge in [0.1, 0.15) is 11.5 Å². The molecule has 27 heavy (non-hydrogen) atoms. The standard InChI is InChI=1S/C13H19N3O.C9H11Cl/c1-3-15-8-13-14-6-11(9(2)17)16(13)7-12(15)10-4-5-10;1-2-5-8-6-3-4-7-9(8)10/h6,10,12H,3-5,7-8H2,1-2H3;3-4,6-7H,2,5H2,1H3. The van der Waals surface area contributed by atoms with Crippen LogP contribution in [0.15, 0.2) is 30.5 Å². The minimum Gasteiger partial charge on any atom is -0.323 e. The van der Waals surface area contributed by atoms with Gasteiger partial charge in [-0.25, -0.2) is 4.98 Å². The normalized spacial score (nSPS) is 19.2. The van der Waals surface area contributed by atoms with Gasteiger partial charge in [-0.05, 0) is 43.4 Å². The highest BCUT2D eigenvalue weighted by Gasteiger charge is 2.38. The van der Waals surface area contributed by atoms with Crippen LogP contribution in [0.5, 0.6) is 0 Å². The molecule has 0 N–H and O–H groups in total. The summed E-state index contributed by atoms with van der Waals surface area (Å²) in [5.74, 6) is 2.02. The van der Waals surface area contributed by atoms with E-state index in [4.69, 9.17) is 11.6 Å². The van der Waals surface area contributed by atoms with Crippen LogP contribution in [0.3, 0.4) is 0 Å². The highest BCUT2D eigenvalue weighted by molar-refractivity contribution is 6.31. The fraction of sp³-hybridized carbons (Fsp3) is 0.545. The highest BCUT2D eigenvalue weighted by atomic mass is 35.5. The van der Waals surface area contributed by atoms with Crippen LogP contribution in [-0.4, -0.2) is 32.8 Å². The Hall–Kier alpha value is -1.65.